The third kappa shape index (κ3) is 2.64. The molecule has 1 aromatic rings. The molecule has 0 N–H and O–H groups in total. The Balaban J connectivity index is 1.88. The molecule has 0 unspecified atom stereocenters. The molecular formula is C15H19BN2O3. The number of aromatic nitrogens is 1. The van der Waals surface area contributed by atoms with Gasteiger partial charge in [-0.2, -0.15) is 5.26 Å². The monoisotopic (exact) mass is 286 g/mol. The molecule has 2 fully saturated rings. The van der Waals surface area contributed by atoms with Crippen LogP contribution in [0.15, 0.2) is 12.3 Å². The van der Waals surface area contributed by atoms with Crippen LogP contribution in [-0.2, 0) is 9.31 Å². The van der Waals surface area contributed by atoms with E-state index in [4.69, 9.17) is 19.3 Å². The molecule has 0 radical (unpaired) electrons. The number of ether oxygens (including phenoxy) is 1. The van der Waals surface area contributed by atoms with E-state index in [2.05, 4.69) is 11.1 Å². The molecule has 1 saturated heterocycles. The molecule has 0 amide bonds. The van der Waals surface area contributed by atoms with Crippen molar-refractivity contribution in [1.29, 1.82) is 5.26 Å². The molecule has 1 aliphatic carbocycles. The summed E-state index contributed by atoms with van der Waals surface area (Å²) in [7, 11) is -0.489. The Bertz CT molecular complexity index is 589. The molecule has 110 valence electrons. The molecule has 3 rings (SSSR count). The van der Waals surface area contributed by atoms with Crippen molar-refractivity contribution in [3.8, 4) is 11.8 Å². The number of pyridine rings is 1. The van der Waals surface area contributed by atoms with Crippen LogP contribution in [0.1, 0.15) is 46.2 Å². The molecule has 0 aromatic carbocycles. The largest absolute Gasteiger partial charge is 0.496 e. The molecule has 0 bridgehead atoms. The highest BCUT2D eigenvalue weighted by atomic mass is 16.7. The first kappa shape index (κ1) is 14.4. The molecule has 0 atom stereocenters. The first-order chi connectivity index (χ1) is 9.82. The van der Waals surface area contributed by atoms with E-state index in [0.717, 1.165) is 18.3 Å². The fourth-order valence-electron chi connectivity index (χ4n) is 2.11. The van der Waals surface area contributed by atoms with Gasteiger partial charge in [-0.05, 0) is 46.6 Å². The number of hydrogen-bond acceptors (Lipinski definition) is 5. The fraction of sp³-hybridized carbons (Fsp3) is 0.600. The SMILES string of the molecule is CC1(C)OB(c2cnc(C#N)c(OC3CC3)c2)OC1(C)C. The van der Waals surface area contributed by atoms with Gasteiger partial charge < -0.3 is 14.0 Å². The Morgan fingerprint density at radius 1 is 1.29 bits per heavy atom. The van der Waals surface area contributed by atoms with Crippen LogP contribution in [0.3, 0.4) is 0 Å². The van der Waals surface area contributed by atoms with E-state index >= 15 is 0 Å². The summed E-state index contributed by atoms with van der Waals surface area (Å²) in [6.45, 7) is 8.02. The summed E-state index contributed by atoms with van der Waals surface area (Å²) >= 11 is 0. The highest BCUT2D eigenvalue weighted by Gasteiger charge is 2.52. The highest BCUT2D eigenvalue weighted by molar-refractivity contribution is 6.62. The Morgan fingerprint density at radius 2 is 1.90 bits per heavy atom. The predicted molar refractivity (Wildman–Crippen MR) is 78.3 cm³/mol. The average Bonchev–Trinajstić information content (AvgIpc) is 3.17. The van der Waals surface area contributed by atoms with Gasteiger partial charge in [0.15, 0.2) is 11.4 Å². The number of nitrogens with zero attached hydrogens (tertiary/aromatic N) is 2. The summed E-state index contributed by atoms with van der Waals surface area (Å²) < 4.78 is 17.8. The van der Waals surface area contributed by atoms with Crippen LogP contribution in [0.2, 0.25) is 0 Å². The maximum Gasteiger partial charge on any atom is 0.496 e. The van der Waals surface area contributed by atoms with Gasteiger partial charge >= 0.3 is 7.12 Å². The molecule has 1 aromatic heterocycles. The number of rotatable bonds is 3. The van der Waals surface area contributed by atoms with Gasteiger partial charge in [0, 0.05) is 11.7 Å². The van der Waals surface area contributed by atoms with Gasteiger partial charge in [-0.15, -0.1) is 0 Å². The lowest BCUT2D eigenvalue weighted by molar-refractivity contribution is 0.00578. The van der Waals surface area contributed by atoms with Gasteiger partial charge in [0.05, 0.1) is 17.3 Å². The van der Waals surface area contributed by atoms with E-state index in [1.807, 2.05) is 33.8 Å². The topological polar surface area (TPSA) is 64.4 Å². The lowest BCUT2D eigenvalue weighted by Crippen LogP contribution is -2.41. The Hall–Kier alpha value is -1.58. The van der Waals surface area contributed by atoms with Gasteiger partial charge in [0.1, 0.15) is 6.07 Å². The minimum absolute atomic E-state index is 0.215. The maximum absolute atomic E-state index is 9.12. The molecule has 0 spiro atoms. The standard InChI is InChI=1S/C15H19BN2O3/c1-14(2)15(3,4)21-16(20-14)10-7-13(19-11-5-6-11)12(8-17)18-9-10/h7,9,11H,5-6H2,1-4H3. The molecular weight excluding hydrogens is 267 g/mol. The minimum Gasteiger partial charge on any atom is -0.487 e. The normalized spacial score (nSPS) is 22.9. The zero-order chi connectivity index (χ0) is 15.3. The highest BCUT2D eigenvalue weighted by Crippen LogP contribution is 2.37. The summed E-state index contributed by atoms with van der Waals surface area (Å²) in [5, 5.41) is 9.12. The van der Waals surface area contributed by atoms with Crippen molar-refractivity contribution in [3.63, 3.8) is 0 Å². The van der Waals surface area contributed by atoms with E-state index in [-0.39, 0.29) is 6.10 Å². The number of nitriles is 1. The van der Waals surface area contributed by atoms with Gasteiger partial charge in [0.2, 0.25) is 0 Å². The Morgan fingerprint density at radius 3 is 2.43 bits per heavy atom. The van der Waals surface area contributed by atoms with Gasteiger partial charge in [0.25, 0.3) is 0 Å². The van der Waals surface area contributed by atoms with E-state index in [9.17, 15) is 0 Å². The van der Waals surface area contributed by atoms with E-state index < -0.39 is 18.3 Å². The van der Waals surface area contributed by atoms with E-state index in [1.165, 1.54) is 0 Å². The van der Waals surface area contributed by atoms with Crippen LogP contribution in [0.4, 0.5) is 0 Å². The first-order valence-electron chi connectivity index (χ1n) is 7.25. The smallest absolute Gasteiger partial charge is 0.487 e. The van der Waals surface area contributed by atoms with Crippen LogP contribution in [0, 0.1) is 11.3 Å². The second kappa shape index (κ2) is 4.72. The summed E-state index contributed by atoms with van der Waals surface area (Å²) in [6, 6.07) is 3.87. The van der Waals surface area contributed by atoms with Crippen LogP contribution >= 0.6 is 0 Å². The third-order valence-corrected chi connectivity index (χ3v) is 4.32. The van der Waals surface area contributed by atoms with Crippen molar-refractivity contribution in [2.24, 2.45) is 0 Å². The maximum atomic E-state index is 9.12. The van der Waals surface area contributed by atoms with Crippen LogP contribution in [-0.4, -0.2) is 29.4 Å². The Kier molecular flexibility index (Phi) is 3.23. The molecule has 1 aliphatic heterocycles. The average molecular weight is 286 g/mol. The fourth-order valence-corrected chi connectivity index (χ4v) is 2.11. The Labute approximate surface area is 125 Å². The summed E-state index contributed by atoms with van der Waals surface area (Å²) in [4.78, 5) is 4.17. The summed E-state index contributed by atoms with van der Waals surface area (Å²) in [6.07, 6.45) is 3.91. The minimum atomic E-state index is -0.489. The van der Waals surface area contributed by atoms with Crippen molar-refractivity contribution in [1.82, 2.24) is 4.98 Å². The van der Waals surface area contributed by atoms with Gasteiger partial charge in [-0.25, -0.2) is 4.98 Å². The molecule has 5 nitrogen and oxygen atoms in total. The van der Waals surface area contributed by atoms with Crippen molar-refractivity contribution >= 4 is 12.6 Å². The molecule has 21 heavy (non-hydrogen) atoms. The summed E-state index contributed by atoms with van der Waals surface area (Å²) in [5.41, 5.74) is 0.289. The molecule has 2 aliphatic rings. The van der Waals surface area contributed by atoms with Crippen molar-refractivity contribution in [2.45, 2.75) is 57.8 Å². The molecule has 6 heteroatoms. The van der Waals surface area contributed by atoms with Crippen molar-refractivity contribution in [3.05, 3.63) is 18.0 Å². The van der Waals surface area contributed by atoms with Gasteiger partial charge in [-0.3, -0.25) is 0 Å². The lowest BCUT2D eigenvalue weighted by Gasteiger charge is -2.32. The number of hydrogen-bond donors (Lipinski definition) is 0. The van der Waals surface area contributed by atoms with Crippen LogP contribution in [0.5, 0.6) is 5.75 Å². The second-order valence-corrected chi connectivity index (χ2v) is 6.63. The van der Waals surface area contributed by atoms with E-state index in [1.54, 1.807) is 6.20 Å². The zero-order valence-corrected chi connectivity index (χ0v) is 12.8. The third-order valence-electron chi connectivity index (χ3n) is 4.32. The first-order valence-corrected chi connectivity index (χ1v) is 7.25. The lowest BCUT2D eigenvalue weighted by atomic mass is 9.80. The second-order valence-electron chi connectivity index (χ2n) is 6.63. The van der Waals surface area contributed by atoms with Crippen molar-refractivity contribution < 1.29 is 14.0 Å². The van der Waals surface area contributed by atoms with Crippen LogP contribution < -0.4 is 10.2 Å². The van der Waals surface area contributed by atoms with Gasteiger partial charge in [-0.1, -0.05) is 0 Å². The predicted octanol–water partition coefficient (Wildman–Crippen LogP) is 1.79. The zero-order valence-electron chi connectivity index (χ0n) is 12.8. The molecule has 2 heterocycles. The van der Waals surface area contributed by atoms with Crippen LogP contribution in [0.25, 0.3) is 0 Å². The van der Waals surface area contributed by atoms with Crippen molar-refractivity contribution in [2.75, 3.05) is 0 Å². The quantitative estimate of drug-likeness (QED) is 0.793. The molecule has 1 saturated carbocycles. The van der Waals surface area contributed by atoms with E-state index in [0.29, 0.717) is 11.4 Å². The summed E-state index contributed by atoms with van der Waals surface area (Å²) in [5.74, 6) is 0.521.